The van der Waals surface area contributed by atoms with Crippen molar-refractivity contribution in [1.29, 1.82) is 0 Å². The van der Waals surface area contributed by atoms with E-state index in [1.807, 2.05) is 0 Å². The minimum Gasteiger partial charge on any atom is -0.391 e. The second-order valence-electron chi connectivity index (χ2n) is 8.72. The largest absolute Gasteiger partial charge is 0.391 e. The lowest BCUT2D eigenvalue weighted by Gasteiger charge is -2.53. The van der Waals surface area contributed by atoms with Crippen LogP contribution in [0.4, 0.5) is 0 Å². The monoisotopic (exact) mass is 373 g/mol. The van der Waals surface area contributed by atoms with Gasteiger partial charge in [0.15, 0.2) is 6.29 Å². The van der Waals surface area contributed by atoms with Crippen molar-refractivity contribution in [2.45, 2.75) is 82.6 Å². The highest BCUT2D eigenvalue weighted by Gasteiger charge is 2.64. The fourth-order valence-corrected chi connectivity index (χ4v) is 8.80. The minimum atomic E-state index is -2.64. The van der Waals surface area contributed by atoms with Gasteiger partial charge in [0, 0.05) is 28.1 Å². The number of azide groups is 1. The number of aliphatic hydroxyl groups excluding tert-OH is 1. The van der Waals surface area contributed by atoms with Gasteiger partial charge in [0.25, 0.3) is 0 Å². The minimum absolute atomic E-state index is 0.149. The average molecular weight is 374 g/mol. The molecule has 0 spiro atoms. The van der Waals surface area contributed by atoms with E-state index in [1.165, 1.54) is 0 Å². The van der Waals surface area contributed by atoms with E-state index in [-0.39, 0.29) is 16.2 Å². The van der Waals surface area contributed by atoms with Crippen molar-refractivity contribution in [1.82, 2.24) is 0 Å². The zero-order valence-electron chi connectivity index (χ0n) is 16.1. The van der Waals surface area contributed by atoms with E-state index >= 15 is 0 Å². The lowest BCUT2D eigenvalue weighted by atomic mass is 10.1. The van der Waals surface area contributed by atoms with Crippen LogP contribution in [0.25, 0.3) is 10.4 Å². The summed E-state index contributed by atoms with van der Waals surface area (Å²) in [5.41, 5.74) is 8.27. The van der Waals surface area contributed by atoms with E-state index in [9.17, 15) is 5.11 Å². The molecule has 0 saturated carbocycles. The summed E-state index contributed by atoms with van der Waals surface area (Å²) in [5, 5.41) is 13.8. The summed E-state index contributed by atoms with van der Waals surface area (Å²) in [6.45, 7) is 13.9. The van der Waals surface area contributed by atoms with Gasteiger partial charge in [-0.2, -0.15) is 0 Å². The fourth-order valence-electron chi connectivity index (χ4n) is 3.84. The van der Waals surface area contributed by atoms with E-state index in [2.05, 4.69) is 51.6 Å². The summed E-state index contributed by atoms with van der Waals surface area (Å²) >= 11 is 0. The number of hydrogen-bond acceptors (Lipinski definition) is 6. The molecular weight excluding hydrogens is 342 g/mol. The predicted octanol–water partition coefficient (Wildman–Crippen LogP) is 3.25. The van der Waals surface area contributed by atoms with Crippen molar-refractivity contribution >= 4 is 8.56 Å². The molecule has 0 unspecified atom stereocenters. The highest BCUT2D eigenvalue weighted by atomic mass is 28.4. The summed E-state index contributed by atoms with van der Waals surface area (Å²) < 4.78 is 24.3. The number of aliphatic hydroxyl groups is 1. The first-order chi connectivity index (χ1) is 11.5. The Labute approximate surface area is 150 Å². The second-order valence-corrected chi connectivity index (χ2v) is 13.5. The topological polar surface area (TPSA) is 106 Å². The number of nitrogens with zero attached hydrogens (tertiary/aromatic N) is 3. The average Bonchev–Trinajstić information content (AvgIpc) is 2.81. The van der Waals surface area contributed by atoms with Crippen LogP contribution in [0, 0.1) is 0 Å². The van der Waals surface area contributed by atoms with Crippen molar-refractivity contribution < 1.29 is 23.4 Å². The molecule has 2 heterocycles. The maximum atomic E-state index is 10.7. The molecule has 0 amide bonds. The molecule has 1 N–H and O–H groups in total. The van der Waals surface area contributed by atoms with Crippen LogP contribution < -0.4 is 0 Å². The molecule has 144 valence electrons. The van der Waals surface area contributed by atoms with Crippen LogP contribution in [0.3, 0.4) is 0 Å². The number of ether oxygens (including phenoxy) is 2. The Morgan fingerprint density at radius 1 is 1.24 bits per heavy atom. The summed E-state index contributed by atoms with van der Waals surface area (Å²) in [7, 11) is -2.64. The second kappa shape index (κ2) is 7.52. The van der Waals surface area contributed by atoms with Gasteiger partial charge in [0.1, 0.15) is 18.3 Å². The summed E-state index contributed by atoms with van der Waals surface area (Å²) in [5.74, 6) is 0. The van der Waals surface area contributed by atoms with Crippen LogP contribution in [0.5, 0.6) is 0 Å². The molecule has 8 nitrogen and oxygen atoms in total. The zero-order chi connectivity index (χ0) is 18.9. The third-order valence-corrected chi connectivity index (χ3v) is 9.89. The molecule has 2 saturated heterocycles. The van der Waals surface area contributed by atoms with Gasteiger partial charge in [-0.3, -0.25) is 0 Å². The van der Waals surface area contributed by atoms with Crippen molar-refractivity contribution in [3.8, 4) is 0 Å². The Bertz CT molecular complexity index is 499. The fraction of sp³-hybridized carbons (Fsp3) is 1.00. The van der Waals surface area contributed by atoms with Crippen molar-refractivity contribution in [2.75, 3.05) is 19.8 Å². The van der Waals surface area contributed by atoms with Gasteiger partial charge in [-0.1, -0.05) is 46.7 Å². The molecule has 0 aliphatic carbocycles. The van der Waals surface area contributed by atoms with Crippen LogP contribution in [0.2, 0.25) is 10.1 Å². The maximum Gasteiger partial charge on any atom is 0.349 e. The van der Waals surface area contributed by atoms with E-state index in [0.717, 1.165) is 0 Å². The van der Waals surface area contributed by atoms with Gasteiger partial charge >= 0.3 is 8.56 Å². The molecule has 9 heteroatoms. The lowest BCUT2D eigenvalue weighted by molar-refractivity contribution is -0.169. The molecule has 2 rings (SSSR count). The van der Waals surface area contributed by atoms with Gasteiger partial charge in [-0.05, 0) is 12.0 Å². The molecule has 0 aromatic rings. The van der Waals surface area contributed by atoms with Crippen LogP contribution in [-0.2, 0) is 18.3 Å². The third kappa shape index (κ3) is 4.03. The van der Waals surface area contributed by atoms with E-state index in [0.29, 0.717) is 26.2 Å². The van der Waals surface area contributed by atoms with Gasteiger partial charge < -0.3 is 23.4 Å². The van der Waals surface area contributed by atoms with E-state index < -0.39 is 27.1 Å². The maximum absolute atomic E-state index is 10.7. The molecule has 0 aromatic carbocycles. The Morgan fingerprint density at radius 3 is 2.44 bits per heavy atom. The third-order valence-electron chi connectivity index (χ3n) is 4.77. The van der Waals surface area contributed by atoms with Crippen LogP contribution in [0.15, 0.2) is 5.11 Å². The summed E-state index contributed by atoms with van der Waals surface area (Å²) in [6, 6.07) is 0. The van der Waals surface area contributed by atoms with Crippen LogP contribution in [-0.4, -0.2) is 58.0 Å². The predicted molar refractivity (Wildman–Crippen MR) is 95.3 cm³/mol. The Balaban J connectivity index is 2.06. The molecule has 4 atom stereocenters. The molecule has 0 radical (unpaired) electrons. The van der Waals surface area contributed by atoms with Gasteiger partial charge in [0.2, 0.25) is 0 Å². The molecular formula is C16H31N3O5Si. The first-order valence-electron chi connectivity index (χ1n) is 8.81. The Kier molecular flexibility index (Phi) is 6.21. The van der Waals surface area contributed by atoms with Gasteiger partial charge in [-0.25, -0.2) is 0 Å². The first-order valence-corrected chi connectivity index (χ1v) is 10.6. The van der Waals surface area contributed by atoms with E-state index in [4.69, 9.17) is 23.9 Å². The Morgan fingerprint density at radius 2 is 1.88 bits per heavy atom. The SMILES string of the molecule is CC(C)(C)[Si]1(C(C)(C)C)OC[C@@H]2O[C@@H](OCCCN=[N+]=[N-])[C@H](O)[C@H]2O1. The molecule has 0 bridgehead atoms. The Hall–Kier alpha value is -0.673. The van der Waals surface area contributed by atoms with E-state index in [1.54, 1.807) is 0 Å². The van der Waals surface area contributed by atoms with Crippen LogP contribution in [0.1, 0.15) is 48.0 Å². The highest BCUT2D eigenvalue weighted by Crippen LogP contribution is 2.55. The van der Waals surface area contributed by atoms with Crippen molar-refractivity contribution in [3.63, 3.8) is 0 Å². The van der Waals surface area contributed by atoms with Crippen molar-refractivity contribution in [2.24, 2.45) is 5.11 Å². The zero-order valence-corrected chi connectivity index (χ0v) is 17.1. The summed E-state index contributed by atoms with van der Waals surface area (Å²) in [6.07, 6.45) is -1.80. The summed E-state index contributed by atoms with van der Waals surface area (Å²) in [4.78, 5) is 2.70. The first kappa shape index (κ1) is 20.6. The molecule has 25 heavy (non-hydrogen) atoms. The molecule has 2 aliphatic rings. The van der Waals surface area contributed by atoms with Crippen LogP contribution >= 0.6 is 0 Å². The number of fused-ring (bicyclic) bond motifs is 1. The number of rotatable bonds is 5. The quantitative estimate of drug-likeness (QED) is 0.262. The molecule has 0 aromatic heterocycles. The van der Waals surface area contributed by atoms with Gasteiger partial charge in [0.05, 0.1) is 6.61 Å². The number of hydrogen-bond donors (Lipinski definition) is 1. The molecule has 2 fully saturated rings. The standard InChI is InChI=1S/C16H31N3O5Si/c1-15(2,3)25(16(4,5)6)22-10-11-13(24-25)12(20)14(23-11)21-9-7-8-18-19-17/h11-14,20H,7-10H2,1-6H3/t11-,12+,13-,14+/m0/s1. The highest BCUT2D eigenvalue weighted by molar-refractivity contribution is 6.73. The normalized spacial score (nSPS) is 32.1. The lowest BCUT2D eigenvalue weighted by Crippen LogP contribution is -2.65. The molecule has 2 aliphatic heterocycles. The smallest absolute Gasteiger partial charge is 0.349 e. The van der Waals surface area contributed by atoms with Gasteiger partial charge in [-0.15, -0.1) is 0 Å². The van der Waals surface area contributed by atoms with Crippen molar-refractivity contribution in [3.05, 3.63) is 10.4 Å².